The maximum atomic E-state index is 12.6. The fraction of sp³-hybridized carbons (Fsp3) is 0.238. The minimum Gasteiger partial charge on any atom is -0.486 e. The van der Waals surface area contributed by atoms with Crippen molar-refractivity contribution in [2.75, 3.05) is 18.5 Å². The van der Waals surface area contributed by atoms with E-state index in [-0.39, 0.29) is 5.57 Å². The molecule has 1 N–H and O–H groups in total. The molecule has 5 nitrogen and oxygen atoms in total. The third-order valence-corrected chi connectivity index (χ3v) is 4.18. The summed E-state index contributed by atoms with van der Waals surface area (Å²) in [5, 5.41) is 12.3. The largest absolute Gasteiger partial charge is 0.486 e. The van der Waals surface area contributed by atoms with E-state index in [4.69, 9.17) is 9.47 Å². The van der Waals surface area contributed by atoms with Crippen LogP contribution in [-0.4, -0.2) is 19.1 Å². The number of fused-ring (bicyclic) bond motifs is 1. The predicted octanol–water partition coefficient (Wildman–Crippen LogP) is 3.93. The summed E-state index contributed by atoms with van der Waals surface area (Å²) in [5.74, 6) is 0.729. The number of nitrogens with one attached hydrogen (secondary N) is 1. The molecule has 0 aromatic heterocycles. The molecule has 0 saturated heterocycles. The Morgan fingerprint density at radius 3 is 2.54 bits per heavy atom. The normalized spacial score (nSPS) is 13.1. The van der Waals surface area contributed by atoms with Crippen molar-refractivity contribution in [3.05, 3.63) is 58.2 Å². The summed E-state index contributed by atoms with van der Waals surface area (Å²) in [6.07, 6.45) is 1.53. The van der Waals surface area contributed by atoms with Gasteiger partial charge in [0.1, 0.15) is 24.9 Å². The number of aryl methyl sites for hydroxylation is 3. The molecule has 0 unspecified atom stereocenters. The number of carbonyl (C=O) groups is 1. The summed E-state index contributed by atoms with van der Waals surface area (Å²) in [7, 11) is 0. The average Bonchev–Trinajstić information content (AvgIpc) is 2.62. The van der Waals surface area contributed by atoms with Crippen LogP contribution < -0.4 is 14.8 Å². The summed E-state index contributed by atoms with van der Waals surface area (Å²) < 4.78 is 11.2. The third-order valence-electron chi connectivity index (χ3n) is 4.18. The van der Waals surface area contributed by atoms with Crippen LogP contribution in [0.15, 0.2) is 35.9 Å². The first-order valence-electron chi connectivity index (χ1n) is 8.39. The fourth-order valence-electron chi connectivity index (χ4n) is 3.07. The number of ether oxygens (including phenoxy) is 2. The smallest absolute Gasteiger partial charge is 0.266 e. The van der Waals surface area contributed by atoms with Gasteiger partial charge in [0.15, 0.2) is 11.5 Å². The highest BCUT2D eigenvalue weighted by Gasteiger charge is 2.17. The van der Waals surface area contributed by atoms with Crippen molar-refractivity contribution in [2.45, 2.75) is 20.8 Å². The summed E-state index contributed by atoms with van der Waals surface area (Å²) in [6, 6.07) is 11.4. The zero-order valence-corrected chi connectivity index (χ0v) is 15.1. The number of hydrogen-bond donors (Lipinski definition) is 1. The Bertz CT molecular complexity index is 916. The lowest BCUT2D eigenvalue weighted by atomic mass is 10.0. The molecule has 0 saturated carbocycles. The summed E-state index contributed by atoms with van der Waals surface area (Å²) in [4.78, 5) is 12.6. The minimum absolute atomic E-state index is 0.00643. The number of hydrogen-bond acceptors (Lipinski definition) is 4. The van der Waals surface area contributed by atoms with E-state index in [1.54, 1.807) is 18.2 Å². The van der Waals surface area contributed by atoms with Crippen molar-refractivity contribution in [1.29, 1.82) is 5.26 Å². The summed E-state index contributed by atoms with van der Waals surface area (Å²) in [6.45, 7) is 6.80. The standard InChI is InChI=1S/C21H20N2O3/c1-13-9-14(2)19(15(3)10-13)23-21(24)17(12-22)11-16-5-4-6-18-20(16)26-8-7-25-18/h4-6,9-11H,7-8H2,1-3H3,(H,23,24)/b17-11-. The van der Waals surface area contributed by atoms with E-state index in [1.165, 1.54) is 6.08 Å². The molecule has 1 aliphatic rings. The van der Waals surface area contributed by atoms with Crippen molar-refractivity contribution >= 4 is 17.7 Å². The second-order valence-electron chi connectivity index (χ2n) is 6.27. The lowest BCUT2D eigenvalue weighted by molar-refractivity contribution is -0.112. The topological polar surface area (TPSA) is 71.4 Å². The van der Waals surface area contributed by atoms with Gasteiger partial charge in [-0.1, -0.05) is 29.8 Å². The highest BCUT2D eigenvalue weighted by Crippen LogP contribution is 2.35. The summed E-state index contributed by atoms with van der Waals surface area (Å²) in [5.41, 5.74) is 4.43. The number of para-hydroxylation sites is 1. The van der Waals surface area contributed by atoms with Crippen LogP contribution in [0.25, 0.3) is 6.08 Å². The van der Waals surface area contributed by atoms with Gasteiger partial charge in [0, 0.05) is 11.3 Å². The Hall–Kier alpha value is -3.26. The van der Waals surface area contributed by atoms with Crippen LogP contribution in [0.5, 0.6) is 11.5 Å². The van der Waals surface area contributed by atoms with E-state index in [2.05, 4.69) is 5.32 Å². The first-order valence-corrected chi connectivity index (χ1v) is 8.39. The molecular formula is C21H20N2O3. The van der Waals surface area contributed by atoms with Crippen LogP contribution in [-0.2, 0) is 4.79 Å². The molecular weight excluding hydrogens is 328 g/mol. The van der Waals surface area contributed by atoms with Crippen LogP contribution in [0.2, 0.25) is 0 Å². The molecule has 0 bridgehead atoms. The number of nitriles is 1. The van der Waals surface area contributed by atoms with Crippen LogP contribution in [0.1, 0.15) is 22.3 Å². The molecule has 132 valence electrons. The zero-order chi connectivity index (χ0) is 18.7. The van der Waals surface area contributed by atoms with Crippen LogP contribution >= 0.6 is 0 Å². The molecule has 1 aliphatic heterocycles. The number of anilines is 1. The van der Waals surface area contributed by atoms with Crippen molar-refractivity contribution < 1.29 is 14.3 Å². The molecule has 3 rings (SSSR count). The third kappa shape index (κ3) is 3.55. The molecule has 5 heteroatoms. The lowest BCUT2D eigenvalue weighted by Gasteiger charge is -2.20. The average molecular weight is 348 g/mol. The van der Waals surface area contributed by atoms with Gasteiger partial charge in [-0.05, 0) is 44.0 Å². The number of rotatable bonds is 3. The molecule has 0 fully saturated rings. The maximum Gasteiger partial charge on any atom is 0.266 e. The van der Waals surface area contributed by atoms with Gasteiger partial charge < -0.3 is 14.8 Å². The van der Waals surface area contributed by atoms with Gasteiger partial charge in [-0.15, -0.1) is 0 Å². The van der Waals surface area contributed by atoms with E-state index >= 15 is 0 Å². The highest BCUT2D eigenvalue weighted by molar-refractivity contribution is 6.10. The van der Waals surface area contributed by atoms with Crippen molar-refractivity contribution in [3.63, 3.8) is 0 Å². The van der Waals surface area contributed by atoms with Gasteiger partial charge in [-0.25, -0.2) is 0 Å². The number of benzene rings is 2. The minimum atomic E-state index is -0.447. The van der Waals surface area contributed by atoms with Gasteiger partial charge in [-0.2, -0.15) is 5.26 Å². The Morgan fingerprint density at radius 2 is 1.85 bits per heavy atom. The molecule has 0 spiro atoms. The van der Waals surface area contributed by atoms with Crippen molar-refractivity contribution in [2.24, 2.45) is 0 Å². The lowest BCUT2D eigenvalue weighted by Crippen LogP contribution is -2.17. The second kappa shape index (κ2) is 7.32. The number of nitrogens with zero attached hydrogens (tertiary/aromatic N) is 1. The van der Waals surface area contributed by atoms with Crippen LogP contribution in [0.4, 0.5) is 5.69 Å². The predicted molar refractivity (Wildman–Crippen MR) is 100 cm³/mol. The van der Waals surface area contributed by atoms with Gasteiger partial charge in [-0.3, -0.25) is 4.79 Å². The molecule has 2 aromatic rings. The van der Waals surface area contributed by atoms with E-state index in [0.717, 1.165) is 22.4 Å². The van der Waals surface area contributed by atoms with Gasteiger partial charge >= 0.3 is 0 Å². The van der Waals surface area contributed by atoms with E-state index in [1.807, 2.05) is 39.0 Å². The van der Waals surface area contributed by atoms with E-state index < -0.39 is 5.91 Å². The van der Waals surface area contributed by atoms with E-state index in [0.29, 0.717) is 30.3 Å². The SMILES string of the molecule is Cc1cc(C)c(NC(=O)/C(C#N)=C\c2cccc3c2OCCO3)c(C)c1. The Labute approximate surface area is 152 Å². The second-order valence-corrected chi connectivity index (χ2v) is 6.27. The Balaban J connectivity index is 1.91. The molecule has 2 aromatic carbocycles. The molecule has 0 aliphatic carbocycles. The monoisotopic (exact) mass is 348 g/mol. The van der Waals surface area contributed by atoms with Crippen LogP contribution in [0.3, 0.4) is 0 Å². The Kier molecular flexibility index (Phi) is 4.94. The highest BCUT2D eigenvalue weighted by atomic mass is 16.6. The number of amides is 1. The molecule has 0 radical (unpaired) electrons. The summed E-state index contributed by atoms with van der Waals surface area (Å²) >= 11 is 0. The maximum absolute atomic E-state index is 12.6. The quantitative estimate of drug-likeness (QED) is 0.674. The fourth-order valence-corrected chi connectivity index (χ4v) is 3.07. The Morgan fingerprint density at radius 1 is 1.15 bits per heavy atom. The van der Waals surface area contributed by atoms with Crippen molar-refractivity contribution in [3.8, 4) is 17.6 Å². The first kappa shape index (κ1) is 17.6. The van der Waals surface area contributed by atoms with Gasteiger partial charge in [0.25, 0.3) is 5.91 Å². The molecule has 1 heterocycles. The molecule has 26 heavy (non-hydrogen) atoms. The zero-order valence-electron chi connectivity index (χ0n) is 15.1. The van der Waals surface area contributed by atoms with E-state index in [9.17, 15) is 10.1 Å². The van der Waals surface area contributed by atoms with Crippen LogP contribution in [0, 0.1) is 32.1 Å². The van der Waals surface area contributed by atoms with Gasteiger partial charge in [0.05, 0.1) is 0 Å². The van der Waals surface area contributed by atoms with Gasteiger partial charge in [0.2, 0.25) is 0 Å². The molecule has 0 atom stereocenters. The van der Waals surface area contributed by atoms with Crippen molar-refractivity contribution in [1.82, 2.24) is 0 Å². The first-order chi connectivity index (χ1) is 12.5. The number of carbonyl (C=O) groups excluding carboxylic acids is 1. The molecule has 1 amide bonds.